The highest BCUT2D eigenvalue weighted by molar-refractivity contribution is 5.95. The maximum atomic E-state index is 12.8. The van der Waals surface area contributed by atoms with Gasteiger partial charge in [-0.15, -0.1) is 0 Å². The Morgan fingerprint density at radius 1 is 0.853 bits per heavy atom. The summed E-state index contributed by atoms with van der Waals surface area (Å²) in [7, 11) is 0. The lowest BCUT2D eigenvalue weighted by Crippen LogP contribution is -2.06. The zero-order valence-electron chi connectivity index (χ0n) is 18.4. The maximum Gasteiger partial charge on any atom is 0.336 e. The van der Waals surface area contributed by atoms with Gasteiger partial charge in [-0.1, -0.05) is 54.6 Å². The molecule has 0 N–H and O–H groups in total. The van der Waals surface area contributed by atoms with Crippen LogP contribution in [0.1, 0.15) is 11.1 Å². The number of benzene rings is 4. The minimum absolute atomic E-state index is 0.0841. The monoisotopic (exact) mass is 448 g/mol. The number of ether oxygens (including phenoxy) is 2. The maximum absolute atomic E-state index is 12.8. The number of esters is 1. The van der Waals surface area contributed by atoms with Crippen molar-refractivity contribution < 1.29 is 18.7 Å². The van der Waals surface area contributed by atoms with Gasteiger partial charge in [-0.25, -0.2) is 4.79 Å². The van der Waals surface area contributed by atoms with Crippen LogP contribution in [0, 0.1) is 6.92 Å². The third-order valence-electron chi connectivity index (χ3n) is 5.37. The normalized spacial score (nSPS) is 11.2. The van der Waals surface area contributed by atoms with E-state index >= 15 is 0 Å². The fourth-order valence-corrected chi connectivity index (χ4v) is 3.73. The Labute approximate surface area is 195 Å². The van der Waals surface area contributed by atoms with Crippen LogP contribution < -0.4 is 14.9 Å². The molecule has 0 saturated heterocycles. The Balaban J connectivity index is 1.34. The molecule has 5 rings (SSSR count). The number of carbonyl (C=O) groups is 1. The molecule has 0 atom stereocenters. The molecule has 0 amide bonds. The number of carbonyl (C=O) groups excluding carboxylic acids is 1. The molecule has 5 aromatic rings. The van der Waals surface area contributed by atoms with E-state index in [0.29, 0.717) is 16.7 Å². The van der Waals surface area contributed by atoms with Crippen LogP contribution in [0.3, 0.4) is 0 Å². The van der Waals surface area contributed by atoms with Gasteiger partial charge in [-0.05, 0) is 59.2 Å². The lowest BCUT2D eigenvalue weighted by molar-refractivity contribution is -0.128. The van der Waals surface area contributed by atoms with Gasteiger partial charge in [-0.2, -0.15) is 0 Å². The molecule has 0 aliphatic carbocycles. The summed E-state index contributed by atoms with van der Waals surface area (Å²) >= 11 is 0. The molecule has 1 aromatic heterocycles. The molecule has 0 spiro atoms. The predicted octanol–water partition coefficient (Wildman–Crippen LogP) is 6.67. The van der Waals surface area contributed by atoms with Crippen molar-refractivity contribution in [3.63, 3.8) is 0 Å². The lowest BCUT2D eigenvalue weighted by Gasteiger charge is -2.07. The minimum atomic E-state index is -0.533. The summed E-state index contributed by atoms with van der Waals surface area (Å²) < 4.78 is 16.7. The first-order valence-electron chi connectivity index (χ1n) is 10.7. The molecule has 5 heteroatoms. The number of hydrogen-bond acceptors (Lipinski definition) is 5. The van der Waals surface area contributed by atoms with Crippen molar-refractivity contribution in [2.45, 2.75) is 6.92 Å². The van der Waals surface area contributed by atoms with Crippen LogP contribution in [0.2, 0.25) is 0 Å². The Hall–Kier alpha value is -4.64. The second-order valence-corrected chi connectivity index (χ2v) is 7.83. The van der Waals surface area contributed by atoms with Crippen LogP contribution in [-0.2, 0) is 4.79 Å². The predicted molar refractivity (Wildman–Crippen MR) is 132 cm³/mol. The van der Waals surface area contributed by atoms with Gasteiger partial charge in [0.05, 0.1) is 5.39 Å². The molecule has 34 heavy (non-hydrogen) atoms. The largest absolute Gasteiger partial charge is 0.460 e. The highest BCUT2D eigenvalue weighted by Crippen LogP contribution is 2.25. The fraction of sp³-hybridized carbons (Fsp3) is 0.0345. The van der Waals surface area contributed by atoms with E-state index in [-0.39, 0.29) is 16.9 Å². The van der Waals surface area contributed by atoms with Gasteiger partial charge >= 0.3 is 5.97 Å². The Kier molecular flexibility index (Phi) is 5.67. The van der Waals surface area contributed by atoms with Crippen LogP contribution >= 0.6 is 0 Å². The van der Waals surface area contributed by atoms with Crippen LogP contribution in [0.25, 0.3) is 27.8 Å². The van der Waals surface area contributed by atoms with Crippen molar-refractivity contribution in [2.24, 2.45) is 0 Å². The average Bonchev–Trinajstić information content (AvgIpc) is 2.84. The van der Waals surface area contributed by atoms with Crippen LogP contribution in [-0.4, -0.2) is 5.97 Å². The summed E-state index contributed by atoms with van der Waals surface area (Å²) in [4.78, 5) is 25.2. The Morgan fingerprint density at radius 3 is 2.56 bits per heavy atom. The quantitative estimate of drug-likeness (QED) is 0.171. The Morgan fingerprint density at radius 2 is 1.68 bits per heavy atom. The number of hydrogen-bond donors (Lipinski definition) is 0. The van der Waals surface area contributed by atoms with Gasteiger partial charge in [0, 0.05) is 12.1 Å². The molecule has 0 aliphatic heterocycles. The second-order valence-electron chi connectivity index (χ2n) is 7.83. The van der Waals surface area contributed by atoms with Crippen LogP contribution in [0.4, 0.5) is 0 Å². The van der Waals surface area contributed by atoms with Crippen molar-refractivity contribution in [1.82, 2.24) is 0 Å². The van der Waals surface area contributed by atoms with Gasteiger partial charge < -0.3 is 13.9 Å². The van der Waals surface area contributed by atoms with Gasteiger partial charge in [-0.3, -0.25) is 4.79 Å². The van der Waals surface area contributed by atoms with E-state index in [1.54, 1.807) is 24.3 Å². The smallest absolute Gasteiger partial charge is 0.336 e. The first-order chi connectivity index (χ1) is 16.6. The molecule has 1 heterocycles. The highest BCUT2D eigenvalue weighted by atomic mass is 16.5. The van der Waals surface area contributed by atoms with Crippen LogP contribution in [0.15, 0.2) is 106 Å². The van der Waals surface area contributed by atoms with Crippen molar-refractivity contribution in [1.29, 1.82) is 0 Å². The first-order valence-corrected chi connectivity index (χ1v) is 10.7. The van der Waals surface area contributed by atoms with Gasteiger partial charge in [0.25, 0.3) is 0 Å². The van der Waals surface area contributed by atoms with Gasteiger partial charge in [0.15, 0.2) is 0 Å². The molecule has 0 saturated carbocycles. The summed E-state index contributed by atoms with van der Waals surface area (Å²) in [6.07, 6.45) is 4.36. The average molecular weight is 448 g/mol. The summed E-state index contributed by atoms with van der Waals surface area (Å²) in [5.74, 6) is 0.376. The third kappa shape index (κ3) is 4.45. The molecular weight excluding hydrogens is 428 g/mol. The van der Waals surface area contributed by atoms with Crippen molar-refractivity contribution >= 4 is 33.8 Å². The van der Waals surface area contributed by atoms with Gasteiger partial charge in [0.1, 0.15) is 23.3 Å². The highest BCUT2D eigenvalue weighted by Gasteiger charge is 2.11. The van der Waals surface area contributed by atoms with E-state index in [2.05, 4.69) is 0 Å². The summed E-state index contributed by atoms with van der Waals surface area (Å²) in [5.41, 5.74) is 1.92. The van der Waals surface area contributed by atoms with Crippen molar-refractivity contribution in [3.8, 4) is 17.2 Å². The van der Waals surface area contributed by atoms with E-state index < -0.39 is 5.97 Å². The third-order valence-corrected chi connectivity index (χ3v) is 5.37. The fourth-order valence-electron chi connectivity index (χ4n) is 3.73. The Bertz CT molecular complexity index is 1610. The molecular formula is C29H20O5. The molecule has 5 nitrogen and oxygen atoms in total. The second kappa shape index (κ2) is 9.08. The molecule has 0 aliphatic rings. The SMILES string of the molecule is Cc1cccc(Oc2coc3cc(OC(=O)C=Cc4cccc5ccccc45)ccc3c2=O)c1. The molecule has 0 fully saturated rings. The van der Waals surface area contributed by atoms with E-state index in [4.69, 9.17) is 13.9 Å². The lowest BCUT2D eigenvalue weighted by atomic mass is 10.0. The molecule has 4 aromatic carbocycles. The minimum Gasteiger partial charge on any atom is -0.460 e. The summed E-state index contributed by atoms with van der Waals surface area (Å²) in [6, 6.07) is 25.9. The van der Waals surface area contributed by atoms with E-state index in [0.717, 1.165) is 21.9 Å². The zero-order valence-corrected chi connectivity index (χ0v) is 18.4. The van der Waals surface area contributed by atoms with E-state index in [1.807, 2.05) is 67.6 Å². The van der Waals surface area contributed by atoms with E-state index in [1.165, 1.54) is 18.4 Å². The topological polar surface area (TPSA) is 65.7 Å². The number of fused-ring (bicyclic) bond motifs is 2. The van der Waals surface area contributed by atoms with Crippen molar-refractivity contribution in [2.75, 3.05) is 0 Å². The van der Waals surface area contributed by atoms with Gasteiger partial charge in [0.2, 0.25) is 11.2 Å². The van der Waals surface area contributed by atoms with Crippen LogP contribution in [0.5, 0.6) is 17.2 Å². The molecule has 0 radical (unpaired) electrons. The first kappa shape index (κ1) is 21.2. The standard InChI is InChI=1S/C29H20O5/c1-19-6-4-10-22(16-19)33-27-18-32-26-17-23(13-14-25(26)29(27)31)34-28(30)15-12-21-9-5-8-20-7-2-3-11-24(20)21/h2-18H,1H3. The summed E-state index contributed by atoms with van der Waals surface area (Å²) in [5, 5.41) is 2.47. The number of rotatable bonds is 5. The summed E-state index contributed by atoms with van der Waals surface area (Å²) in [6.45, 7) is 1.94. The zero-order chi connectivity index (χ0) is 23.5. The number of aryl methyl sites for hydroxylation is 1. The molecule has 166 valence electrons. The molecule has 0 unspecified atom stereocenters. The van der Waals surface area contributed by atoms with E-state index in [9.17, 15) is 9.59 Å². The molecule has 0 bridgehead atoms. The van der Waals surface area contributed by atoms with Crippen molar-refractivity contribution in [3.05, 3.63) is 119 Å².